The lowest BCUT2D eigenvalue weighted by Gasteiger charge is -2.38. The van der Waals surface area contributed by atoms with Gasteiger partial charge in [0.05, 0.1) is 5.56 Å². The summed E-state index contributed by atoms with van der Waals surface area (Å²) in [5.41, 5.74) is 5.22. The van der Waals surface area contributed by atoms with Gasteiger partial charge < -0.3 is 11.1 Å². The van der Waals surface area contributed by atoms with E-state index in [2.05, 4.69) is 5.32 Å². The summed E-state index contributed by atoms with van der Waals surface area (Å²) in [6.07, 6.45) is -4.37. The molecule has 4 nitrogen and oxygen atoms in total. The monoisotopic (exact) mass is 301 g/mol. The molecule has 2 unspecified atom stereocenters. The second kappa shape index (κ2) is 6.03. The van der Waals surface area contributed by atoms with Crippen LogP contribution in [0, 0.1) is 0 Å². The summed E-state index contributed by atoms with van der Waals surface area (Å²) in [4.78, 5) is 13.3. The third-order valence-corrected chi connectivity index (χ3v) is 3.81. The summed E-state index contributed by atoms with van der Waals surface area (Å²) in [7, 11) is 0. The van der Waals surface area contributed by atoms with E-state index in [0.29, 0.717) is 25.2 Å². The second-order valence-corrected chi connectivity index (χ2v) is 5.16. The summed E-state index contributed by atoms with van der Waals surface area (Å²) in [5, 5.41) is 3.07. The zero-order chi connectivity index (χ0) is 15.6. The van der Waals surface area contributed by atoms with Crippen LogP contribution in [0.1, 0.15) is 24.1 Å². The molecule has 1 aromatic carbocycles. The highest BCUT2D eigenvalue weighted by Gasteiger charge is 2.33. The van der Waals surface area contributed by atoms with Gasteiger partial charge in [-0.1, -0.05) is 12.1 Å². The van der Waals surface area contributed by atoms with E-state index < -0.39 is 23.7 Å². The SMILES string of the molecule is CC(c1cccc(C(F)(F)F)c1)N1CCNCC1C(N)=O. The second-order valence-electron chi connectivity index (χ2n) is 5.16. The number of rotatable bonds is 3. The van der Waals surface area contributed by atoms with Crippen molar-refractivity contribution >= 4 is 5.91 Å². The van der Waals surface area contributed by atoms with Gasteiger partial charge >= 0.3 is 6.18 Å². The summed E-state index contributed by atoms with van der Waals surface area (Å²) < 4.78 is 38.3. The minimum Gasteiger partial charge on any atom is -0.368 e. The molecule has 1 aliphatic heterocycles. The van der Waals surface area contributed by atoms with Crippen molar-refractivity contribution in [3.8, 4) is 0 Å². The van der Waals surface area contributed by atoms with Gasteiger partial charge in [0.2, 0.25) is 5.91 Å². The van der Waals surface area contributed by atoms with Gasteiger partial charge in [-0.3, -0.25) is 9.69 Å². The Morgan fingerprint density at radius 1 is 1.48 bits per heavy atom. The van der Waals surface area contributed by atoms with Crippen molar-refractivity contribution in [3.05, 3.63) is 35.4 Å². The molecule has 1 amide bonds. The van der Waals surface area contributed by atoms with E-state index in [0.717, 1.165) is 12.1 Å². The van der Waals surface area contributed by atoms with Gasteiger partial charge in [-0.05, 0) is 24.6 Å². The van der Waals surface area contributed by atoms with Crippen LogP contribution in [0.2, 0.25) is 0 Å². The Balaban J connectivity index is 2.26. The third kappa shape index (κ3) is 3.54. The van der Waals surface area contributed by atoms with Crippen LogP contribution in [0.25, 0.3) is 0 Å². The predicted octanol–water partition coefficient (Wildman–Crippen LogP) is 1.53. The molecule has 116 valence electrons. The summed E-state index contributed by atoms with van der Waals surface area (Å²) in [5.74, 6) is -0.471. The number of alkyl halides is 3. The highest BCUT2D eigenvalue weighted by molar-refractivity contribution is 5.80. The smallest absolute Gasteiger partial charge is 0.368 e. The zero-order valence-electron chi connectivity index (χ0n) is 11.7. The molecule has 1 aliphatic rings. The lowest BCUT2D eigenvalue weighted by atomic mass is 10.0. The average Bonchev–Trinajstić information content (AvgIpc) is 2.45. The van der Waals surface area contributed by atoms with E-state index in [1.165, 1.54) is 6.07 Å². The Labute approximate surface area is 121 Å². The number of nitrogens with zero attached hydrogens (tertiary/aromatic N) is 1. The molecular weight excluding hydrogens is 283 g/mol. The van der Waals surface area contributed by atoms with Crippen molar-refractivity contribution in [2.75, 3.05) is 19.6 Å². The maximum atomic E-state index is 12.8. The van der Waals surface area contributed by atoms with Crippen molar-refractivity contribution in [2.45, 2.75) is 25.2 Å². The summed E-state index contributed by atoms with van der Waals surface area (Å²) >= 11 is 0. The molecule has 0 radical (unpaired) electrons. The molecule has 2 atom stereocenters. The molecule has 3 N–H and O–H groups in total. The number of amides is 1. The number of nitrogens with two attached hydrogens (primary N) is 1. The molecule has 1 fully saturated rings. The number of carbonyl (C=O) groups excluding carboxylic acids is 1. The highest BCUT2D eigenvalue weighted by Crippen LogP contribution is 2.32. The minimum atomic E-state index is -4.37. The molecule has 0 spiro atoms. The van der Waals surface area contributed by atoms with Gasteiger partial charge in [0.15, 0.2) is 0 Å². The van der Waals surface area contributed by atoms with Crippen LogP contribution in [-0.2, 0) is 11.0 Å². The van der Waals surface area contributed by atoms with Crippen LogP contribution in [0.5, 0.6) is 0 Å². The number of primary amides is 1. The fourth-order valence-electron chi connectivity index (χ4n) is 2.61. The topological polar surface area (TPSA) is 58.4 Å². The van der Waals surface area contributed by atoms with Crippen LogP contribution in [0.3, 0.4) is 0 Å². The van der Waals surface area contributed by atoms with Crippen molar-refractivity contribution in [2.24, 2.45) is 5.73 Å². The molecule has 21 heavy (non-hydrogen) atoms. The van der Waals surface area contributed by atoms with Gasteiger partial charge in [-0.25, -0.2) is 0 Å². The van der Waals surface area contributed by atoms with E-state index in [1.54, 1.807) is 13.0 Å². The number of hydrogen-bond donors (Lipinski definition) is 2. The molecule has 0 bridgehead atoms. The fraction of sp³-hybridized carbons (Fsp3) is 0.500. The Bertz CT molecular complexity index is 518. The summed E-state index contributed by atoms with van der Waals surface area (Å²) in [6.45, 7) is 3.44. The maximum Gasteiger partial charge on any atom is 0.416 e. The van der Waals surface area contributed by atoms with Crippen molar-refractivity contribution in [1.82, 2.24) is 10.2 Å². The molecule has 0 aromatic heterocycles. The average molecular weight is 301 g/mol. The number of hydrogen-bond acceptors (Lipinski definition) is 3. The first kappa shape index (κ1) is 15.8. The van der Waals surface area contributed by atoms with Crippen molar-refractivity contribution in [1.29, 1.82) is 0 Å². The van der Waals surface area contributed by atoms with Gasteiger partial charge in [0.1, 0.15) is 6.04 Å². The van der Waals surface area contributed by atoms with E-state index in [4.69, 9.17) is 5.73 Å². The molecule has 7 heteroatoms. The predicted molar refractivity (Wildman–Crippen MR) is 72.4 cm³/mol. The number of carbonyl (C=O) groups is 1. The summed E-state index contributed by atoms with van der Waals surface area (Å²) in [6, 6.07) is 4.37. The first-order valence-electron chi connectivity index (χ1n) is 6.73. The van der Waals surface area contributed by atoms with Crippen molar-refractivity contribution < 1.29 is 18.0 Å². The Morgan fingerprint density at radius 2 is 2.19 bits per heavy atom. The Morgan fingerprint density at radius 3 is 2.81 bits per heavy atom. The molecule has 0 saturated carbocycles. The van der Waals surface area contributed by atoms with Crippen molar-refractivity contribution in [3.63, 3.8) is 0 Å². The highest BCUT2D eigenvalue weighted by atomic mass is 19.4. The molecule has 1 aromatic rings. The number of halogens is 3. The Hall–Kier alpha value is -1.60. The van der Waals surface area contributed by atoms with Gasteiger partial charge in [0, 0.05) is 25.7 Å². The number of piperazine rings is 1. The van der Waals surface area contributed by atoms with E-state index in [1.807, 2.05) is 4.90 Å². The lowest BCUT2D eigenvalue weighted by molar-refractivity contribution is -0.137. The number of nitrogens with one attached hydrogen (secondary N) is 1. The molecule has 0 aliphatic carbocycles. The largest absolute Gasteiger partial charge is 0.416 e. The normalized spacial score (nSPS) is 22.0. The number of benzene rings is 1. The zero-order valence-corrected chi connectivity index (χ0v) is 11.7. The standard InChI is InChI=1S/C14H18F3N3O/c1-9(20-6-5-19-8-12(20)13(18)21)10-3-2-4-11(7-10)14(15,16)17/h2-4,7,9,12,19H,5-6,8H2,1H3,(H2,18,21). The molecule has 2 rings (SSSR count). The first-order valence-corrected chi connectivity index (χ1v) is 6.73. The molecule has 1 heterocycles. The fourth-order valence-corrected chi connectivity index (χ4v) is 2.61. The van der Waals surface area contributed by atoms with E-state index >= 15 is 0 Å². The van der Waals surface area contributed by atoms with Crippen LogP contribution in [-0.4, -0.2) is 36.5 Å². The Kier molecular flexibility index (Phi) is 4.53. The van der Waals surface area contributed by atoms with Crippen LogP contribution < -0.4 is 11.1 Å². The maximum absolute atomic E-state index is 12.8. The van der Waals surface area contributed by atoms with Gasteiger partial charge in [0.25, 0.3) is 0 Å². The van der Waals surface area contributed by atoms with Gasteiger partial charge in [-0.2, -0.15) is 13.2 Å². The quantitative estimate of drug-likeness (QED) is 0.890. The van der Waals surface area contributed by atoms with Crippen LogP contribution in [0.15, 0.2) is 24.3 Å². The van der Waals surface area contributed by atoms with Crippen LogP contribution in [0.4, 0.5) is 13.2 Å². The molecule has 1 saturated heterocycles. The van der Waals surface area contributed by atoms with E-state index in [-0.39, 0.29) is 6.04 Å². The lowest BCUT2D eigenvalue weighted by Crippen LogP contribution is -2.57. The van der Waals surface area contributed by atoms with E-state index in [9.17, 15) is 18.0 Å². The molecular formula is C14H18F3N3O. The minimum absolute atomic E-state index is 0.313. The third-order valence-electron chi connectivity index (χ3n) is 3.81. The van der Waals surface area contributed by atoms with Crippen LogP contribution >= 0.6 is 0 Å². The first-order chi connectivity index (χ1) is 9.80. The van der Waals surface area contributed by atoms with Gasteiger partial charge in [-0.15, -0.1) is 0 Å².